The summed E-state index contributed by atoms with van der Waals surface area (Å²) in [5.41, 5.74) is 5.49. The van der Waals surface area contributed by atoms with Gasteiger partial charge in [-0.15, -0.1) is 11.8 Å². The molecule has 8 heteroatoms. The Morgan fingerprint density at radius 2 is 1.74 bits per heavy atom. The third kappa shape index (κ3) is 6.31. The van der Waals surface area contributed by atoms with Crippen LogP contribution in [0.4, 0.5) is 10.5 Å². The van der Waals surface area contributed by atoms with Gasteiger partial charge in [-0.2, -0.15) is 0 Å². The summed E-state index contributed by atoms with van der Waals surface area (Å²) < 4.78 is 0. The fourth-order valence-corrected chi connectivity index (χ4v) is 7.51. The summed E-state index contributed by atoms with van der Waals surface area (Å²) in [4.78, 5) is 38.8. The van der Waals surface area contributed by atoms with Gasteiger partial charge in [0.15, 0.2) is 0 Å². The van der Waals surface area contributed by atoms with Crippen molar-refractivity contribution >= 4 is 40.3 Å². The Balaban J connectivity index is 1.27. The number of aromatic amines is 1. The van der Waals surface area contributed by atoms with Crippen LogP contribution in [-0.2, 0) is 11.3 Å². The molecule has 1 aromatic heterocycles. The molecule has 43 heavy (non-hydrogen) atoms. The van der Waals surface area contributed by atoms with E-state index in [1.165, 1.54) is 5.56 Å². The topological polar surface area (TPSA) is 71.7 Å². The number of H-pyrrole nitrogens is 1. The summed E-state index contributed by atoms with van der Waals surface area (Å²) in [6, 6.07) is 24.2. The molecular weight excluding hydrogens is 554 g/mol. The maximum atomic E-state index is 14.6. The van der Waals surface area contributed by atoms with Gasteiger partial charge in [0.25, 0.3) is 0 Å². The summed E-state index contributed by atoms with van der Waals surface area (Å²) in [5.74, 6) is 0.971. The van der Waals surface area contributed by atoms with Crippen molar-refractivity contribution < 1.29 is 9.59 Å². The molecule has 1 fully saturated rings. The molecule has 3 aromatic carbocycles. The zero-order valence-corrected chi connectivity index (χ0v) is 26.1. The van der Waals surface area contributed by atoms with Gasteiger partial charge in [0, 0.05) is 59.8 Å². The van der Waals surface area contributed by atoms with E-state index in [2.05, 4.69) is 70.7 Å². The van der Waals surface area contributed by atoms with Crippen molar-refractivity contribution in [3.05, 3.63) is 95.7 Å². The van der Waals surface area contributed by atoms with E-state index in [0.717, 1.165) is 57.8 Å². The van der Waals surface area contributed by atoms with Crippen molar-refractivity contribution in [1.82, 2.24) is 20.1 Å². The number of piperidine rings is 1. The lowest BCUT2D eigenvalue weighted by atomic mass is 9.89. The smallest absolute Gasteiger partial charge is 0.318 e. The zero-order chi connectivity index (χ0) is 29.9. The second kappa shape index (κ2) is 12.9. The summed E-state index contributed by atoms with van der Waals surface area (Å²) in [6.07, 6.45) is 3.82. The minimum atomic E-state index is -0.716. The lowest BCUT2D eigenvalue weighted by Gasteiger charge is -2.37. The second-order valence-corrected chi connectivity index (χ2v) is 13.2. The highest BCUT2D eigenvalue weighted by atomic mass is 32.2. The van der Waals surface area contributed by atoms with Crippen molar-refractivity contribution in [3.8, 4) is 0 Å². The molecule has 2 aliphatic heterocycles. The number of urea groups is 1. The van der Waals surface area contributed by atoms with Gasteiger partial charge in [0.1, 0.15) is 6.04 Å². The number of carbonyl (C=O) groups excluding carboxylic acids is 2. The Bertz CT molecular complexity index is 1580. The number of aromatic nitrogens is 1. The molecule has 4 aromatic rings. The molecule has 1 saturated heterocycles. The Labute approximate surface area is 258 Å². The number of likely N-dealkylation sites (tertiary alicyclic amines) is 1. The number of amides is 3. The number of benzene rings is 3. The maximum absolute atomic E-state index is 14.6. The molecule has 0 saturated carbocycles. The highest BCUT2D eigenvalue weighted by Crippen LogP contribution is 2.38. The number of nitrogens with one attached hydrogen (secondary N) is 2. The predicted molar refractivity (Wildman–Crippen MR) is 176 cm³/mol. The number of hydrogen-bond donors (Lipinski definition) is 2. The largest absolute Gasteiger partial charge is 0.361 e. The number of carbonyl (C=O) groups is 2. The summed E-state index contributed by atoms with van der Waals surface area (Å²) in [6.45, 7) is 4.81. The molecule has 2 atom stereocenters. The quantitative estimate of drug-likeness (QED) is 0.258. The van der Waals surface area contributed by atoms with Crippen LogP contribution in [0.2, 0.25) is 0 Å². The van der Waals surface area contributed by atoms with Gasteiger partial charge in [0.2, 0.25) is 5.91 Å². The van der Waals surface area contributed by atoms with Crippen LogP contribution in [-0.4, -0.2) is 72.2 Å². The first-order valence-electron chi connectivity index (χ1n) is 15.3. The highest BCUT2D eigenvalue weighted by molar-refractivity contribution is 7.99. The molecule has 3 amide bonds. The lowest BCUT2D eigenvalue weighted by molar-refractivity contribution is -0.120. The molecule has 0 bridgehead atoms. The van der Waals surface area contributed by atoms with Crippen LogP contribution in [0.15, 0.2) is 83.9 Å². The summed E-state index contributed by atoms with van der Waals surface area (Å²) in [7, 11) is 4.10. The van der Waals surface area contributed by atoms with Crippen molar-refractivity contribution in [3.63, 3.8) is 0 Å². The van der Waals surface area contributed by atoms with Gasteiger partial charge in [0.05, 0.1) is 5.69 Å². The van der Waals surface area contributed by atoms with Crippen LogP contribution in [0.25, 0.3) is 10.9 Å². The number of para-hydroxylation sites is 1. The van der Waals surface area contributed by atoms with Crippen LogP contribution in [0.3, 0.4) is 0 Å². The average molecular weight is 596 g/mol. The molecule has 3 heterocycles. The first kappa shape index (κ1) is 29.3. The van der Waals surface area contributed by atoms with Gasteiger partial charge in [-0.25, -0.2) is 4.79 Å². The van der Waals surface area contributed by atoms with Crippen molar-refractivity contribution in [1.29, 1.82) is 0 Å². The molecule has 224 valence electrons. The molecule has 2 N–H and O–H groups in total. The maximum Gasteiger partial charge on any atom is 0.318 e. The Morgan fingerprint density at radius 3 is 2.51 bits per heavy atom. The van der Waals surface area contributed by atoms with Gasteiger partial charge in [-0.1, -0.05) is 61.5 Å². The highest BCUT2D eigenvalue weighted by Gasteiger charge is 2.37. The lowest BCUT2D eigenvalue weighted by Crippen LogP contribution is -2.56. The molecule has 0 radical (unpaired) electrons. The zero-order valence-electron chi connectivity index (χ0n) is 25.3. The SMILES string of the molecule is C[C@@H](c1c[nH]c2ccccc12)[C@@H](NC(=O)N1CCC(c2ccccc2)CC1)C(=O)N1CCSc2ccc(CN(C)C)cc21. The number of fused-ring (bicyclic) bond motifs is 2. The number of anilines is 1. The number of thioether (sulfide) groups is 1. The van der Waals surface area contributed by atoms with Crippen LogP contribution >= 0.6 is 11.8 Å². The third-order valence-electron chi connectivity index (χ3n) is 8.86. The number of hydrogen-bond acceptors (Lipinski definition) is 4. The van der Waals surface area contributed by atoms with E-state index in [-0.39, 0.29) is 17.9 Å². The first-order valence-corrected chi connectivity index (χ1v) is 16.3. The van der Waals surface area contributed by atoms with Crippen LogP contribution in [0.5, 0.6) is 0 Å². The number of nitrogens with zero attached hydrogens (tertiary/aromatic N) is 3. The monoisotopic (exact) mass is 595 g/mol. The van der Waals surface area contributed by atoms with Gasteiger partial charge in [-0.05, 0) is 67.7 Å². The normalized spacial score (nSPS) is 17.1. The van der Waals surface area contributed by atoms with E-state index in [1.54, 1.807) is 11.8 Å². The molecule has 0 spiro atoms. The Hall–Kier alpha value is -3.75. The molecule has 7 nitrogen and oxygen atoms in total. The van der Waals surface area contributed by atoms with E-state index in [1.807, 2.05) is 54.4 Å². The fourth-order valence-electron chi connectivity index (χ4n) is 6.54. The summed E-state index contributed by atoms with van der Waals surface area (Å²) >= 11 is 1.78. The number of rotatable bonds is 7. The van der Waals surface area contributed by atoms with Gasteiger partial charge < -0.3 is 25.0 Å². The molecule has 2 aliphatic rings. The molecule has 0 aliphatic carbocycles. The molecule has 0 unspecified atom stereocenters. The van der Waals surface area contributed by atoms with E-state index < -0.39 is 6.04 Å². The summed E-state index contributed by atoms with van der Waals surface area (Å²) in [5, 5.41) is 4.31. The van der Waals surface area contributed by atoms with Crippen molar-refractivity contribution in [2.45, 2.75) is 49.1 Å². The van der Waals surface area contributed by atoms with E-state index in [4.69, 9.17) is 0 Å². The van der Waals surface area contributed by atoms with Crippen LogP contribution in [0.1, 0.15) is 48.3 Å². The first-order chi connectivity index (χ1) is 20.9. The Morgan fingerprint density at radius 1 is 1.00 bits per heavy atom. The minimum absolute atomic E-state index is 0.0612. The average Bonchev–Trinajstić information content (AvgIpc) is 3.47. The third-order valence-corrected chi connectivity index (χ3v) is 9.90. The van der Waals surface area contributed by atoms with Crippen molar-refractivity contribution in [2.75, 3.05) is 44.4 Å². The molecule has 6 rings (SSSR count). The van der Waals surface area contributed by atoms with E-state index in [0.29, 0.717) is 25.6 Å². The van der Waals surface area contributed by atoms with Crippen LogP contribution in [0, 0.1) is 0 Å². The van der Waals surface area contributed by atoms with Crippen molar-refractivity contribution in [2.24, 2.45) is 0 Å². The molecular formula is C35H41N5O2S. The van der Waals surface area contributed by atoms with Gasteiger partial charge in [-0.3, -0.25) is 4.79 Å². The predicted octanol–water partition coefficient (Wildman–Crippen LogP) is 6.43. The second-order valence-electron chi connectivity index (χ2n) is 12.1. The van der Waals surface area contributed by atoms with E-state index in [9.17, 15) is 9.59 Å². The fraction of sp³-hybridized carbons (Fsp3) is 0.371. The minimum Gasteiger partial charge on any atom is -0.361 e. The standard InChI is InChI=1S/C35H41N5O2S/c1-24(29-22-36-30-12-8-7-11-28(29)30)33(37-35(42)39-17-15-27(16-18-39)26-9-5-4-6-10-26)34(41)40-19-20-43-32-14-13-25(21-31(32)40)23-38(2)3/h4-14,21-22,24,27,33,36H,15-20,23H2,1-3H3,(H,37,42)/t24-,33+/m0/s1. The van der Waals surface area contributed by atoms with E-state index >= 15 is 0 Å². The van der Waals surface area contributed by atoms with Gasteiger partial charge >= 0.3 is 6.03 Å². The van der Waals surface area contributed by atoms with Crippen LogP contribution < -0.4 is 10.2 Å². The Kier molecular flexibility index (Phi) is 8.77.